The fourth-order valence-electron chi connectivity index (χ4n) is 4.04. The zero-order valence-electron chi connectivity index (χ0n) is 22.2. The van der Waals surface area contributed by atoms with Crippen molar-refractivity contribution in [1.82, 2.24) is 0 Å². The number of anilines is 2. The Morgan fingerprint density at radius 2 is 1.43 bits per heavy atom. The maximum atomic E-state index is 13.5. The normalized spacial score (nSPS) is 11.6. The molecule has 0 aliphatic heterocycles. The first-order chi connectivity index (χ1) is 18.8. The molecule has 0 radical (unpaired) electrons. The molecule has 6 nitrogen and oxygen atoms in total. The summed E-state index contributed by atoms with van der Waals surface area (Å²) in [4.78, 5) is 26.2. The molecule has 1 N–H and O–H groups in total. The Balaban J connectivity index is 1.57. The molecule has 1 amide bonds. The summed E-state index contributed by atoms with van der Waals surface area (Å²) < 4.78 is 28.1. The molecule has 0 aliphatic rings. The van der Waals surface area contributed by atoms with Crippen molar-refractivity contribution >= 4 is 56.3 Å². The Morgan fingerprint density at radius 1 is 0.775 bits per heavy atom. The largest absolute Gasteiger partial charge is 0.324 e. The van der Waals surface area contributed by atoms with Crippen molar-refractivity contribution < 1.29 is 18.0 Å². The lowest BCUT2D eigenvalue weighted by Crippen LogP contribution is -2.38. The molecule has 0 aromatic heterocycles. The predicted molar refractivity (Wildman–Crippen MR) is 161 cm³/mol. The fourth-order valence-corrected chi connectivity index (χ4v) is 5.76. The van der Waals surface area contributed by atoms with Gasteiger partial charge in [-0.3, -0.25) is 13.9 Å². The minimum Gasteiger partial charge on any atom is -0.324 e. The third kappa shape index (κ3) is 6.91. The molecule has 0 unspecified atom stereocenters. The number of hydrogen-bond donors (Lipinski definition) is 1. The minimum atomic E-state index is -4.15. The number of sulfonamides is 1. The van der Waals surface area contributed by atoms with Crippen LogP contribution in [0, 0.1) is 0 Å². The fraction of sp³-hybridized carbons (Fsp3) is 0.161. The molecule has 4 aromatic carbocycles. The van der Waals surface area contributed by atoms with Gasteiger partial charge < -0.3 is 5.32 Å². The van der Waals surface area contributed by atoms with Gasteiger partial charge in [0.25, 0.3) is 10.0 Å². The van der Waals surface area contributed by atoms with Gasteiger partial charge in [-0.2, -0.15) is 0 Å². The summed E-state index contributed by atoms with van der Waals surface area (Å²) in [6, 6.07) is 25.9. The number of ketones is 1. The van der Waals surface area contributed by atoms with Gasteiger partial charge in [0.15, 0.2) is 5.78 Å². The van der Waals surface area contributed by atoms with Crippen molar-refractivity contribution in [3.05, 3.63) is 124 Å². The third-order valence-electron chi connectivity index (χ3n) is 6.21. The highest BCUT2D eigenvalue weighted by Crippen LogP contribution is 2.27. The van der Waals surface area contributed by atoms with E-state index >= 15 is 0 Å². The molecule has 206 valence electrons. The highest BCUT2D eigenvalue weighted by Gasteiger charge is 2.27. The van der Waals surface area contributed by atoms with Gasteiger partial charge >= 0.3 is 0 Å². The van der Waals surface area contributed by atoms with Crippen LogP contribution in [-0.2, 0) is 20.2 Å². The topological polar surface area (TPSA) is 83.6 Å². The second kappa shape index (κ2) is 11.8. The molecule has 0 saturated heterocycles. The van der Waals surface area contributed by atoms with Crippen molar-refractivity contribution in [2.24, 2.45) is 0 Å². The summed E-state index contributed by atoms with van der Waals surface area (Å²) in [6.07, 6.45) is 0. The standard InChI is InChI=1S/C31H28Cl2N2O4S/c1-31(2,3)23-12-10-21(11-13-23)30(37)22-6-4-8-26(18-22)34-29(36)20-35(27-9-5-7-25(33)19-27)40(38,39)28-16-14-24(32)15-17-28/h4-19H,20H2,1-3H3,(H,34,36). The molecule has 0 aliphatic carbocycles. The van der Waals surface area contributed by atoms with Crippen molar-refractivity contribution in [2.45, 2.75) is 31.1 Å². The van der Waals surface area contributed by atoms with E-state index in [4.69, 9.17) is 23.2 Å². The first kappa shape index (κ1) is 29.3. The number of amides is 1. The maximum absolute atomic E-state index is 13.5. The van der Waals surface area contributed by atoms with E-state index < -0.39 is 22.5 Å². The Hall–Kier alpha value is -3.65. The number of carbonyl (C=O) groups is 2. The summed E-state index contributed by atoms with van der Waals surface area (Å²) in [6.45, 7) is 5.77. The lowest BCUT2D eigenvalue weighted by atomic mass is 9.86. The lowest BCUT2D eigenvalue weighted by molar-refractivity contribution is -0.114. The molecule has 0 atom stereocenters. The van der Waals surface area contributed by atoms with Crippen LogP contribution in [0.15, 0.2) is 102 Å². The molecule has 0 spiro atoms. The summed E-state index contributed by atoms with van der Waals surface area (Å²) in [5.74, 6) is -0.793. The Bertz CT molecular complexity index is 1650. The summed E-state index contributed by atoms with van der Waals surface area (Å²) in [5, 5.41) is 3.41. The van der Waals surface area contributed by atoms with Crippen molar-refractivity contribution in [3.8, 4) is 0 Å². The van der Waals surface area contributed by atoms with Gasteiger partial charge in [0, 0.05) is 26.9 Å². The zero-order valence-corrected chi connectivity index (χ0v) is 24.5. The zero-order chi connectivity index (χ0) is 29.1. The number of benzene rings is 4. The van der Waals surface area contributed by atoms with Crippen LogP contribution < -0.4 is 9.62 Å². The molecule has 9 heteroatoms. The van der Waals surface area contributed by atoms with Gasteiger partial charge in [0.2, 0.25) is 5.91 Å². The minimum absolute atomic E-state index is 0.0326. The average Bonchev–Trinajstić information content (AvgIpc) is 2.91. The number of nitrogens with one attached hydrogen (secondary N) is 1. The first-order valence-corrected chi connectivity index (χ1v) is 14.6. The molecular formula is C31H28Cl2N2O4S. The molecule has 0 saturated carbocycles. The first-order valence-electron chi connectivity index (χ1n) is 12.4. The van der Waals surface area contributed by atoms with Crippen LogP contribution in [0.1, 0.15) is 42.3 Å². The van der Waals surface area contributed by atoms with Gasteiger partial charge in [0.05, 0.1) is 10.6 Å². The summed E-state index contributed by atoms with van der Waals surface area (Å²) in [5.41, 5.74) is 2.57. The van der Waals surface area contributed by atoms with E-state index in [1.807, 2.05) is 12.1 Å². The smallest absolute Gasteiger partial charge is 0.264 e. The van der Waals surface area contributed by atoms with Crippen LogP contribution in [0.25, 0.3) is 0 Å². The highest BCUT2D eigenvalue weighted by atomic mass is 35.5. The Morgan fingerprint density at radius 3 is 2.05 bits per heavy atom. The van der Waals surface area contributed by atoms with Crippen molar-refractivity contribution in [3.63, 3.8) is 0 Å². The molecule has 0 heterocycles. The SMILES string of the molecule is CC(C)(C)c1ccc(C(=O)c2cccc(NC(=O)CN(c3cccc(Cl)c3)S(=O)(=O)c3ccc(Cl)cc3)c2)cc1. The second-order valence-corrected chi connectivity index (χ2v) is 13.0. The van der Waals surface area contributed by atoms with Gasteiger partial charge in [-0.15, -0.1) is 0 Å². The molecule has 4 aromatic rings. The second-order valence-electron chi connectivity index (χ2n) is 10.2. The van der Waals surface area contributed by atoms with E-state index in [1.165, 1.54) is 30.3 Å². The summed E-state index contributed by atoms with van der Waals surface area (Å²) >= 11 is 12.1. The number of carbonyl (C=O) groups excluding carboxylic acids is 2. The number of rotatable bonds is 8. The Labute approximate surface area is 244 Å². The van der Waals surface area contributed by atoms with Gasteiger partial charge in [-0.1, -0.05) is 86.4 Å². The molecule has 0 bridgehead atoms. The van der Waals surface area contributed by atoms with Crippen LogP contribution in [0.3, 0.4) is 0 Å². The predicted octanol–water partition coefficient (Wildman–Crippen LogP) is 7.36. The van der Waals surface area contributed by atoms with E-state index in [1.54, 1.807) is 54.6 Å². The molecule has 40 heavy (non-hydrogen) atoms. The molecule has 0 fully saturated rings. The van der Waals surface area contributed by atoms with E-state index in [0.29, 0.717) is 26.9 Å². The van der Waals surface area contributed by atoms with Crippen LogP contribution in [-0.4, -0.2) is 26.7 Å². The van der Waals surface area contributed by atoms with Crippen molar-refractivity contribution in [1.29, 1.82) is 0 Å². The molecule has 4 rings (SSSR count). The van der Waals surface area contributed by atoms with Gasteiger partial charge in [-0.05, 0) is 65.6 Å². The number of hydrogen-bond acceptors (Lipinski definition) is 4. The average molecular weight is 596 g/mol. The van der Waals surface area contributed by atoms with Gasteiger partial charge in [0.1, 0.15) is 6.54 Å². The van der Waals surface area contributed by atoms with Crippen LogP contribution in [0.4, 0.5) is 11.4 Å². The van der Waals surface area contributed by atoms with E-state index in [2.05, 4.69) is 26.1 Å². The third-order valence-corrected chi connectivity index (χ3v) is 8.48. The quantitative estimate of drug-likeness (QED) is 0.216. The van der Waals surface area contributed by atoms with Crippen LogP contribution in [0.2, 0.25) is 10.0 Å². The van der Waals surface area contributed by atoms with Crippen LogP contribution >= 0.6 is 23.2 Å². The Kier molecular flexibility index (Phi) is 8.68. The van der Waals surface area contributed by atoms with E-state index in [0.717, 1.165) is 9.87 Å². The summed E-state index contributed by atoms with van der Waals surface area (Å²) in [7, 11) is -4.15. The molecular weight excluding hydrogens is 567 g/mol. The highest BCUT2D eigenvalue weighted by molar-refractivity contribution is 7.92. The maximum Gasteiger partial charge on any atom is 0.264 e. The number of nitrogens with zero attached hydrogens (tertiary/aromatic N) is 1. The lowest BCUT2D eigenvalue weighted by Gasteiger charge is -2.24. The number of halogens is 2. The van der Waals surface area contributed by atoms with Gasteiger partial charge in [-0.25, -0.2) is 8.42 Å². The van der Waals surface area contributed by atoms with Crippen molar-refractivity contribution in [2.75, 3.05) is 16.2 Å². The monoisotopic (exact) mass is 594 g/mol. The van der Waals surface area contributed by atoms with E-state index in [-0.39, 0.29) is 21.8 Å². The van der Waals surface area contributed by atoms with Crippen LogP contribution in [0.5, 0.6) is 0 Å². The van der Waals surface area contributed by atoms with E-state index in [9.17, 15) is 18.0 Å².